The maximum Gasteiger partial charge on any atom is 0.149 e. The van der Waals surface area contributed by atoms with Crippen LogP contribution in [0.2, 0.25) is 0 Å². The molecule has 1 N–H and O–H groups in total. The molecule has 0 heterocycles. The van der Waals surface area contributed by atoms with Crippen molar-refractivity contribution in [2.24, 2.45) is 0 Å². The van der Waals surface area contributed by atoms with Gasteiger partial charge in [-0.1, -0.05) is 37.6 Å². The summed E-state index contributed by atoms with van der Waals surface area (Å²) >= 11 is 0. The van der Waals surface area contributed by atoms with Crippen molar-refractivity contribution in [3.05, 3.63) is 24.3 Å². The Kier molecular flexibility index (Phi) is 7.65. The smallest absolute Gasteiger partial charge is 0.149 e. The second-order valence-electron chi connectivity index (χ2n) is 4.65. The Bertz CT molecular complexity index is 256. The fourth-order valence-electron chi connectivity index (χ4n) is 2.06. The van der Waals surface area contributed by atoms with Crippen molar-refractivity contribution in [3.63, 3.8) is 0 Å². The lowest BCUT2D eigenvalue weighted by atomic mass is 9.94. The molecular weight excluding hydrogens is 210 g/mol. The lowest BCUT2D eigenvalue weighted by Crippen LogP contribution is -2.39. The SMILES string of the molecule is C1=CCCC=C1.CCCNC1CCCCC1=O. The van der Waals surface area contributed by atoms with Crippen molar-refractivity contribution in [2.75, 3.05) is 6.54 Å². The third-order valence-electron chi connectivity index (χ3n) is 3.08. The number of carbonyl (C=O) groups is 1. The first-order chi connectivity index (χ1) is 8.34. The quantitative estimate of drug-likeness (QED) is 0.812. The van der Waals surface area contributed by atoms with Crippen molar-refractivity contribution < 1.29 is 4.79 Å². The number of rotatable bonds is 3. The highest BCUT2D eigenvalue weighted by atomic mass is 16.1. The first kappa shape index (κ1) is 14.2. The van der Waals surface area contributed by atoms with E-state index in [0.29, 0.717) is 5.78 Å². The molecule has 0 aromatic heterocycles. The fraction of sp³-hybridized carbons (Fsp3) is 0.667. The fourth-order valence-corrected chi connectivity index (χ4v) is 2.06. The molecule has 2 heteroatoms. The lowest BCUT2D eigenvalue weighted by molar-refractivity contribution is -0.122. The predicted octanol–water partition coefficient (Wildman–Crippen LogP) is 3.39. The van der Waals surface area contributed by atoms with Gasteiger partial charge >= 0.3 is 0 Å². The van der Waals surface area contributed by atoms with Gasteiger partial charge < -0.3 is 5.32 Å². The van der Waals surface area contributed by atoms with Gasteiger partial charge in [0.05, 0.1) is 6.04 Å². The molecule has 17 heavy (non-hydrogen) atoms. The highest BCUT2D eigenvalue weighted by molar-refractivity contribution is 5.84. The van der Waals surface area contributed by atoms with Gasteiger partial charge in [0, 0.05) is 6.42 Å². The van der Waals surface area contributed by atoms with E-state index in [1.807, 2.05) is 0 Å². The Balaban J connectivity index is 0.000000202. The lowest BCUT2D eigenvalue weighted by Gasteiger charge is -2.21. The zero-order valence-corrected chi connectivity index (χ0v) is 11.0. The number of hydrogen-bond acceptors (Lipinski definition) is 2. The second-order valence-corrected chi connectivity index (χ2v) is 4.65. The highest BCUT2D eigenvalue weighted by Crippen LogP contribution is 2.14. The molecule has 0 bridgehead atoms. The summed E-state index contributed by atoms with van der Waals surface area (Å²) in [5.41, 5.74) is 0. The Morgan fingerprint density at radius 1 is 1.24 bits per heavy atom. The van der Waals surface area contributed by atoms with Crippen LogP contribution < -0.4 is 5.32 Å². The third-order valence-corrected chi connectivity index (χ3v) is 3.08. The maximum absolute atomic E-state index is 11.2. The van der Waals surface area contributed by atoms with E-state index in [-0.39, 0.29) is 6.04 Å². The summed E-state index contributed by atoms with van der Waals surface area (Å²) in [5.74, 6) is 0.421. The molecule has 2 rings (SSSR count). The van der Waals surface area contributed by atoms with E-state index in [0.717, 1.165) is 32.2 Å². The molecule has 0 aromatic carbocycles. The predicted molar refractivity (Wildman–Crippen MR) is 73.1 cm³/mol. The van der Waals surface area contributed by atoms with Crippen molar-refractivity contribution in [1.82, 2.24) is 5.32 Å². The molecule has 2 nitrogen and oxygen atoms in total. The minimum absolute atomic E-state index is 0.184. The summed E-state index contributed by atoms with van der Waals surface area (Å²) < 4.78 is 0. The zero-order chi connectivity index (χ0) is 12.3. The summed E-state index contributed by atoms with van der Waals surface area (Å²) in [5, 5.41) is 3.27. The first-order valence-electron chi connectivity index (χ1n) is 6.92. The summed E-state index contributed by atoms with van der Waals surface area (Å²) in [6.45, 7) is 3.11. The average Bonchev–Trinajstić information content (AvgIpc) is 2.41. The van der Waals surface area contributed by atoms with Crippen molar-refractivity contribution in [2.45, 2.75) is 57.9 Å². The monoisotopic (exact) mass is 235 g/mol. The Morgan fingerprint density at radius 3 is 2.41 bits per heavy atom. The Morgan fingerprint density at radius 2 is 1.94 bits per heavy atom. The van der Waals surface area contributed by atoms with Crippen LogP contribution in [-0.4, -0.2) is 18.4 Å². The molecule has 0 aliphatic heterocycles. The number of Topliss-reactive ketones (excluding diaryl/α,β-unsaturated/α-hetero) is 1. The van der Waals surface area contributed by atoms with Gasteiger partial charge in [-0.25, -0.2) is 0 Å². The Hall–Kier alpha value is -0.890. The van der Waals surface area contributed by atoms with E-state index in [2.05, 4.69) is 36.5 Å². The van der Waals surface area contributed by atoms with Crippen molar-refractivity contribution >= 4 is 5.78 Å². The van der Waals surface area contributed by atoms with Gasteiger partial charge in [0.2, 0.25) is 0 Å². The van der Waals surface area contributed by atoms with E-state index in [1.54, 1.807) is 0 Å². The largest absolute Gasteiger partial charge is 0.307 e. The van der Waals surface area contributed by atoms with E-state index >= 15 is 0 Å². The van der Waals surface area contributed by atoms with Crippen LogP contribution in [0.15, 0.2) is 24.3 Å². The molecule has 0 radical (unpaired) electrons. The van der Waals surface area contributed by atoms with Gasteiger partial charge in [0.25, 0.3) is 0 Å². The summed E-state index contributed by atoms with van der Waals surface area (Å²) in [7, 11) is 0. The maximum atomic E-state index is 11.2. The number of carbonyl (C=O) groups excluding carboxylic acids is 1. The standard InChI is InChI=1S/C9H17NO.C6H8/c1-2-7-10-8-5-3-4-6-9(8)11;1-2-4-6-5-3-1/h8,10H,2-7H2,1H3;1-4H,5-6H2. The van der Waals surface area contributed by atoms with Gasteiger partial charge in [0.15, 0.2) is 0 Å². The number of hydrogen-bond donors (Lipinski definition) is 1. The summed E-state index contributed by atoms with van der Waals surface area (Å²) in [6, 6.07) is 0.184. The third kappa shape index (κ3) is 6.42. The average molecular weight is 235 g/mol. The van der Waals surface area contributed by atoms with Crippen LogP contribution in [0, 0.1) is 0 Å². The molecule has 0 saturated heterocycles. The van der Waals surface area contributed by atoms with Crippen molar-refractivity contribution in [1.29, 1.82) is 0 Å². The molecular formula is C15H25NO. The second kappa shape index (κ2) is 9.17. The molecule has 1 fully saturated rings. The minimum Gasteiger partial charge on any atom is -0.307 e. The van der Waals surface area contributed by atoms with Crippen LogP contribution in [0.25, 0.3) is 0 Å². The van der Waals surface area contributed by atoms with Gasteiger partial charge in [-0.2, -0.15) is 0 Å². The van der Waals surface area contributed by atoms with E-state index in [4.69, 9.17) is 0 Å². The number of allylic oxidation sites excluding steroid dienone is 4. The van der Waals surface area contributed by atoms with Gasteiger partial charge in [0.1, 0.15) is 5.78 Å². The van der Waals surface area contributed by atoms with Crippen LogP contribution in [0.4, 0.5) is 0 Å². The van der Waals surface area contributed by atoms with Crippen LogP contribution in [0.5, 0.6) is 0 Å². The van der Waals surface area contributed by atoms with Crippen LogP contribution in [-0.2, 0) is 4.79 Å². The van der Waals surface area contributed by atoms with Gasteiger partial charge in [-0.15, -0.1) is 0 Å². The molecule has 1 atom stereocenters. The molecule has 0 spiro atoms. The number of ketones is 1. The molecule has 0 aromatic rings. The molecule has 0 amide bonds. The van der Waals surface area contributed by atoms with Crippen LogP contribution >= 0.6 is 0 Å². The molecule has 2 aliphatic rings. The normalized spacial score (nSPS) is 23.1. The van der Waals surface area contributed by atoms with Crippen molar-refractivity contribution in [3.8, 4) is 0 Å². The summed E-state index contributed by atoms with van der Waals surface area (Å²) in [4.78, 5) is 11.2. The molecule has 1 saturated carbocycles. The number of nitrogens with one attached hydrogen (secondary N) is 1. The highest BCUT2D eigenvalue weighted by Gasteiger charge is 2.20. The van der Waals surface area contributed by atoms with Gasteiger partial charge in [-0.05, 0) is 38.6 Å². The molecule has 96 valence electrons. The van der Waals surface area contributed by atoms with Gasteiger partial charge in [-0.3, -0.25) is 4.79 Å². The molecule has 1 unspecified atom stereocenters. The van der Waals surface area contributed by atoms with E-state index in [1.165, 1.54) is 19.3 Å². The van der Waals surface area contributed by atoms with E-state index in [9.17, 15) is 4.79 Å². The van der Waals surface area contributed by atoms with E-state index < -0.39 is 0 Å². The van der Waals surface area contributed by atoms with Crippen LogP contribution in [0.1, 0.15) is 51.9 Å². The summed E-state index contributed by atoms with van der Waals surface area (Å²) in [6.07, 6.45) is 16.3. The zero-order valence-electron chi connectivity index (χ0n) is 11.0. The minimum atomic E-state index is 0.184. The first-order valence-corrected chi connectivity index (χ1v) is 6.92. The molecule has 2 aliphatic carbocycles. The van der Waals surface area contributed by atoms with Crippen LogP contribution in [0.3, 0.4) is 0 Å². The Labute approximate surface area is 105 Å². The topological polar surface area (TPSA) is 29.1 Å².